The third kappa shape index (κ3) is 5.32. The molecule has 0 atom stereocenters. The molecular formula is C20H23ClN2O2S. The Balaban J connectivity index is 1.37. The predicted molar refractivity (Wildman–Crippen MR) is 105 cm³/mol. The first-order valence-corrected chi connectivity index (χ1v) is 10.2. The molecule has 2 amide bonds. The summed E-state index contributed by atoms with van der Waals surface area (Å²) in [5, 5.41) is 5.73. The third-order valence-electron chi connectivity index (χ3n) is 4.75. The first-order valence-electron chi connectivity index (χ1n) is 8.94. The highest BCUT2D eigenvalue weighted by Crippen LogP contribution is 2.19. The van der Waals surface area contributed by atoms with E-state index < -0.39 is 0 Å². The average Bonchev–Trinajstić information content (AvgIpc) is 3.16. The normalized spacial score (nSPS) is 15.0. The second-order valence-corrected chi connectivity index (χ2v) is 8.05. The predicted octanol–water partition coefficient (Wildman–Crippen LogP) is 3.54. The summed E-state index contributed by atoms with van der Waals surface area (Å²) in [7, 11) is 0. The number of rotatable bonds is 6. The van der Waals surface area contributed by atoms with Crippen molar-refractivity contribution >= 4 is 34.8 Å². The number of thiophene rings is 1. The van der Waals surface area contributed by atoms with Crippen LogP contribution in [0.1, 0.15) is 23.3 Å². The molecular weight excluding hydrogens is 368 g/mol. The molecule has 0 unspecified atom stereocenters. The Hall–Kier alpha value is -1.85. The molecule has 0 spiro atoms. The summed E-state index contributed by atoms with van der Waals surface area (Å²) in [6, 6.07) is 11.6. The largest absolute Gasteiger partial charge is 0.356 e. The molecule has 2 heterocycles. The molecule has 1 saturated heterocycles. The van der Waals surface area contributed by atoms with Gasteiger partial charge in [0.25, 0.3) is 0 Å². The Labute approximate surface area is 163 Å². The van der Waals surface area contributed by atoms with Crippen LogP contribution in [0.3, 0.4) is 0 Å². The van der Waals surface area contributed by atoms with Gasteiger partial charge in [-0.1, -0.05) is 29.8 Å². The van der Waals surface area contributed by atoms with Gasteiger partial charge in [0.05, 0.1) is 6.42 Å². The van der Waals surface area contributed by atoms with Crippen LogP contribution in [-0.4, -0.2) is 36.3 Å². The Kier molecular flexibility index (Phi) is 6.69. The van der Waals surface area contributed by atoms with Crippen molar-refractivity contribution in [2.75, 3.05) is 19.6 Å². The highest BCUT2D eigenvalue weighted by Gasteiger charge is 2.27. The van der Waals surface area contributed by atoms with Crippen molar-refractivity contribution in [2.24, 2.45) is 5.92 Å². The van der Waals surface area contributed by atoms with Crippen LogP contribution in [0.15, 0.2) is 41.8 Å². The Bertz CT molecular complexity index is 723. The lowest BCUT2D eigenvalue weighted by molar-refractivity contribution is -0.135. The highest BCUT2D eigenvalue weighted by molar-refractivity contribution is 7.10. The lowest BCUT2D eigenvalue weighted by Gasteiger charge is -2.31. The van der Waals surface area contributed by atoms with Gasteiger partial charge >= 0.3 is 0 Å². The summed E-state index contributed by atoms with van der Waals surface area (Å²) in [5.41, 5.74) is 1.16. The van der Waals surface area contributed by atoms with Crippen molar-refractivity contribution < 1.29 is 9.59 Å². The maximum Gasteiger partial charge on any atom is 0.227 e. The maximum atomic E-state index is 12.3. The molecule has 26 heavy (non-hydrogen) atoms. The Morgan fingerprint density at radius 1 is 1.15 bits per heavy atom. The third-order valence-corrected chi connectivity index (χ3v) is 5.88. The fraction of sp³-hybridized carbons (Fsp3) is 0.400. The molecule has 6 heteroatoms. The van der Waals surface area contributed by atoms with Crippen molar-refractivity contribution in [1.29, 1.82) is 0 Å². The molecule has 1 N–H and O–H groups in total. The van der Waals surface area contributed by atoms with Crippen LogP contribution in [0.25, 0.3) is 0 Å². The summed E-state index contributed by atoms with van der Waals surface area (Å²) < 4.78 is 0. The van der Waals surface area contributed by atoms with Crippen LogP contribution >= 0.6 is 22.9 Å². The number of piperidine rings is 1. The number of carbonyl (C=O) groups is 2. The number of nitrogens with one attached hydrogen (secondary N) is 1. The quantitative estimate of drug-likeness (QED) is 0.820. The Morgan fingerprint density at radius 3 is 2.54 bits per heavy atom. The van der Waals surface area contributed by atoms with Gasteiger partial charge in [-0.25, -0.2) is 0 Å². The van der Waals surface area contributed by atoms with Gasteiger partial charge in [-0.05, 0) is 48.4 Å². The second-order valence-electron chi connectivity index (χ2n) is 6.58. The zero-order valence-corrected chi connectivity index (χ0v) is 16.2. The average molecular weight is 391 g/mol. The molecule has 0 aliphatic carbocycles. The minimum Gasteiger partial charge on any atom is -0.356 e. The van der Waals surface area contributed by atoms with Gasteiger partial charge in [0, 0.05) is 35.5 Å². The molecule has 1 aliphatic heterocycles. The van der Waals surface area contributed by atoms with E-state index in [1.165, 1.54) is 0 Å². The number of halogens is 1. The van der Waals surface area contributed by atoms with E-state index in [1.54, 1.807) is 11.3 Å². The monoisotopic (exact) mass is 390 g/mol. The molecule has 1 aromatic heterocycles. The van der Waals surface area contributed by atoms with Crippen LogP contribution < -0.4 is 5.32 Å². The lowest BCUT2D eigenvalue weighted by Crippen LogP contribution is -2.43. The van der Waals surface area contributed by atoms with Crippen LogP contribution in [0.5, 0.6) is 0 Å². The zero-order valence-electron chi connectivity index (χ0n) is 14.6. The molecule has 1 aliphatic rings. The fourth-order valence-corrected chi connectivity index (χ4v) is 4.01. The standard InChI is InChI=1S/C20H23ClN2O2S/c21-17-5-3-15(4-6-17)7-10-22-20(25)16-8-11-23(12-9-16)19(24)14-18-2-1-13-26-18/h1-6,13,16H,7-12,14H2,(H,22,25). The van der Waals surface area contributed by atoms with Gasteiger partial charge in [0.1, 0.15) is 0 Å². The summed E-state index contributed by atoms with van der Waals surface area (Å²) >= 11 is 7.48. The van der Waals surface area contributed by atoms with Crippen molar-refractivity contribution in [1.82, 2.24) is 10.2 Å². The van der Waals surface area contributed by atoms with E-state index in [-0.39, 0.29) is 17.7 Å². The van der Waals surface area contributed by atoms with Crippen LogP contribution in [-0.2, 0) is 22.4 Å². The molecule has 1 fully saturated rings. The molecule has 1 aromatic carbocycles. The molecule has 3 rings (SSSR count). The van der Waals surface area contributed by atoms with Crippen molar-refractivity contribution in [3.63, 3.8) is 0 Å². The van der Waals surface area contributed by atoms with E-state index in [1.807, 2.05) is 46.7 Å². The van der Waals surface area contributed by atoms with Gasteiger partial charge in [0.2, 0.25) is 11.8 Å². The van der Waals surface area contributed by atoms with Crippen molar-refractivity contribution in [2.45, 2.75) is 25.7 Å². The van der Waals surface area contributed by atoms with E-state index >= 15 is 0 Å². The van der Waals surface area contributed by atoms with E-state index in [4.69, 9.17) is 11.6 Å². The number of nitrogens with zero attached hydrogens (tertiary/aromatic N) is 1. The molecule has 0 radical (unpaired) electrons. The van der Waals surface area contributed by atoms with Crippen LogP contribution in [0.2, 0.25) is 5.02 Å². The van der Waals surface area contributed by atoms with E-state index in [9.17, 15) is 9.59 Å². The summed E-state index contributed by atoms with van der Waals surface area (Å²) in [6.45, 7) is 1.96. The number of hydrogen-bond acceptors (Lipinski definition) is 3. The second kappa shape index (κ2) is 9.19. The Morgan fingerprint density at radius 2 is 1.88 bits per heavy atom. The molecule has 2 aromatic rings. The van der Waals surface area contributed by atoms with Crippen LogP contribution in [0, 0.1) is 5.92 Å². The van der Waals surface area contributed by atoms with Gasteiger partial charge in [-0.2, -0.15) is 0 Å². The van der Waals surface area contributed by atoms with E-state index in [2.05, 4.69) is 5.32 Å². The maximum absolute atomic E-state index is 12.3. The lowest BCUT2D eigenvalue weighted by atomic mass is 9.95. The number of benzene rings is 1. The molecule has 138 valence electrons. The van der Waals surface area contributed by atoms with Gasteiger partial charge in [0.15, 0.2) is 0 Å². The molecule has 0 bridgehead atoms. The summed E-state index contributed by atoms with van der Waals surface area (Å²) in [4.78, 5) is 27.6. The first-order chi connectivity index (χ1) is 12.6. The fourth-order valence-electron chi connectivity index (χ4n) is 3.19. The smallest absolute Gasteiger partial charge is 0.227 e. The summed E-state index contributed by atoms with van der Waals surface area (Å²) in [5.74, 6) is 0.268. The minimum atomic E-state index is 0.00556. The van der Waals surface area contributed by atoms with E-state index in [0.29, 0.717) is 26.1 Å². The van der Waals surface area contributed by atoms with Gasteiger partial charge in [-0.3, -0.25) is 9.59 Å². The van der Waals surface area contributed by atoms with Crippen LogP contribution in [0.4, 0.5) is 0 Å². The van der Waals surface area contributed by atoms with Crippen molar-refractivity contribution in [3.8, 4) is 0 Å². The van der Waals surface area contributed by atoms with Gasteiger partial charge < -0.3 is 10.2 Å². The number of likely N-dealkylation sites (tertiary alicyclic amines) is 1. The highest BCUT2D eigenvalue weighted by atomic mass is 35.5. The van der Waals surface area contributed by atoms with Gasteiger partial charge in [-0.15, -0.1) is 11.3 Å². The summed E-state index contributed by atoms with van der Waals surface area (Å²) in [6.07, 6.45) is 2.74. The SMILES string of the molecule is O=C(NCCc1ccc(Cl)cc1)C1CCN(C(=O)Cc2cccs2)CC1. The van der Waals surface area contributed by atoms with E-state index in [0.717, 1.165) is 34.7 Å². The number of hydrogen-bond donors (Lipinski definition) is 1. The zero-order chi connectivity index (χ0) is 18.4. The molecule has 0 saturated carbocycles. The minimum absolute atomic E-state index is 0.00556. The van der Waals surface area contributed by atoms with Crippen molar-refractivity contribution in [3.05, 3.63) is 57.2 Å². The topological polar surface area (TPSA) is 49.4 Å². The number of amides is 2. The molecule has 4 nitrogen and oxygen atoms in total. The first kappa shape index (κ1) is 18.9. The number of carbonyl (C=O) groups excluding carboxylic acids is 2.